The van der Waals surface area contributed by atoms with Crippen molar-refractivity contribution in [3.05, 3.63) is 192 Å². The molecule has 0 aromatic heterocycles. The standard InChI is InChI=1S/C19H20.C18H18.C11H16.C10H14.8CH4/c1-4-19(2,3)18-16-11-7-5-9-14(16)13-15-10-6-8-12-17(15)18;1-3-13(2)18-16-10-6-4-8-14(16)12-15-9-5-7-11-17(15)18;1-4-11(2,3)10-8-6-5-7-9-10;1-3-9(2)10-7-5-4-6-8-10;;;;;;;;/h5-13H,4H2,1-3H3;4-13H,3H2,1-2H3;5-9H,4H2,1-3H3;4-9H,3H2,1-2H3;8*1H4. The first-order valence-corrected chi connectivity index (χ1v) is 21.9. The molecule has 0 radical (unpaired) electrons. The molecule has 0 heterocycles. The van der Waals surface area contributed by atoms with Crippen LogP contribution in [0.2, 0.25) is 0 Å². The Morgan fingerprint density at radius 1 is 0.348 bits per heavy atom. The van der Waals surface area contributed by atoms with E-state index in [1.54, 1.807) is 0 Å². The van der Waals surface area contributed by atoms with Gasteiger partial charge in [0.15, 0.2) is 0 Å². The Kier molecular flexibility index (Phi) is 32.3. The minimum absolute atomic E-state index is 0. The number of rotatable bonds is 8. The highest BCUT2D eigenvalue weighted by Gasteiger charge is 2.23. The van der Waals surface area contributed by atoms with Crippen molar-refractivity contribution in [3.63, 3.8) is 0 Å². The molecule has 2 atom stereocenters. The van der Waals surface area contributed by atoms with Gasteiger partial charge in [0.1, 0.15) is 0 Å². The van der Waals surface area contributed by atoms with Crippen molar-refractivity contribution >= 4 is 43.1 Å². The van der Waals surface area contributed by atoms with Crippen LogP contribution in [0.25, 0.3) is 43.1 Å². The number of fused-ring (bicyclic) bond motifs is 4. The fourth-order valence-electron chi connectivity index (χ4n) is 7.81. The number of hydrogen-bond acceptors (Lipinski definition) is 0. The summed E-state index contributed by atoms with van der Waals surface area (Å²) in [6.45, 7) is 22.8. The Morgan fingerprint density at radius 3 is 1.00 bits per heavy atom. The van der Waals surface area contributed by atoms with Gasteiger partial charge in [-0.15, -0.1) is 0 Å². The predicted octanol–water partition coefficient (Wildman–Crippen LogP) is 22.9. The van der Waals surface area contributed by atoms with Gasteiger partial charge in [-0.25, -0.2) is 0 Å². The zero-order valence-corrected chi connectivity index (χ0v) is 37.1. The molecule has 0 aliphatic rings. The van der Waals surface area contributed by atoms with E-state index in [0.717, 1.165) is 6.42 Å². The molecule has 0 aliphatic carbocycles. The van der Waals surface area contributed by atoms with Crippen LogP contribution in [0, 0.1) is 0 Å². The Balaban J connectivity index is -0.000000385. The van der Waals surface area contributed by atoms with Crippen molar-refractivity contribution < 1.29 is 0 Å². The highest BCUT2D eigenvalue weighted by Crippen LogP contribution is 2.39. The second kappa shape index (κ2) is 31.7. The van der Waals surface area contributed by atoms with Gasteiger partial charge in [-0.3, -0.25) is 0 Å². The molecule has 0 heteroatoms. The van der Waals surface area contributed by atoms with Crippen molar-refractivity contribution in [2.75, 3.05) is 0 Å². The SMILES string of the molecule is C.C.C.C.C.C.C.C.CCC(C)(C)c1c2ccccc2cc2ccccc12.CCC(C)(C)c1ccccc1.CCC(C)c1c2ccccc2cc2ccccc12.CCC(C)c1ccccc1. The quantitative estimate of drug-likeness (QED) is 0.133. The van der Waals surface area contributed by atoms with Crippen LogP contribution in [-0.2, 0) is 10.8 Å². The zero-order chi connectivity index (χ0) is 41.7. The van der Waals surface area contributed by atoms with Gasteiger partial charge in [0.05, 0.1) is 0 Å². The van der Waals surface area contributed by atoms with E-state index in [1.165, 1.54) is 84.6 Å². The molecule has 0 spiro atoms. The maximum Gasteiger partial charge on any atom is -0.00939 e. The fourth-order valence-corrected chi connectivity index (χ4v) is 7.81. The van der Waals surface area contributed by atoms with Gasteiger partial charge in [0.2, 0.25) is 0 Å². The van der Waals surface area contributed by atoms with E-state index in [4.69, 9.17) is 0 Å². The molecule has 0 bridgehead atoms. The summed E-state index contributed by atoms with van der Waals surface area (Å²) in [5, 5.41) is 11.0. The lowest BCUT2D eigenvalue weighted by Crippen LogP contribution is -2.16. The van der Waals surface area contributed by atoms with E-state index in [2.05, 4.69) is 239 Å². The summed E-state index contributed by atoms with van der Waals surface area (Å²) in [7, 11) is 0. The van der Waals surface area contributed by atoms with Crippen LogP contribution in [0.4, 0.5) is 0 Å². The van der Waals surface area contributed by atoms with Crippen LogP contribution in [-0.4, -0.2) is 0 Å². The third kappa shape index (κ3) is 16.6. The average molecular weight is 894 g/mol. The van der Waals surface area contributed by atoms with Gasteiger partial charge < -0.3 is 0 Å². The predicted molar refractivity (Wildman–Crippen MR) is 314 cm³/mol. The Labute approximate surface area is 410 Å². The second-order valence-corrected chi connectivity index (χ2v) is 17.3. The lowest BCUT2D eigenvalue weighted by Gasteiger charge is -2.27. The normalized spacial score (nSPS) is 10.9. The van der Waals surface area contributed by atoms with Gasteiger partial charge in [-0.05, 0) is 126 Å². The highest BCUT2D eigenvalue weighted by molar-refractivity contribution is 6.04. The Morgan fingerprint density at radius 2 is 0.652 bits per heavy atom. The van der Waals surface area contributed by atoms with Crippen molar-refractivity contribution in [2.24, 2.45) is 0 Å². The number of hydrogen-bond donors (Lipinski definition) is 0. The smallest absolute Gasteiger partial charge is 0.00939 e. The molecule has 8 rings (SSSR count). The molecule has 0 nitrogen and oxygen atoms in total. The summed E-state index contributed by atoms with van der Waals surface area (Å²) in [5.74, 6) is 1.31. The molecule has 8 aromatic carbocycles. The molecule has 0 amide bonds. The third-order valence-corrected chi connectivity index (χ3v) is 12.7. The molecule has 0 saturated carbocycles. The van der Waals surface area contributed by atoms with Crippen molar-refractivity contribution in [1.82, 2.24) is 0 Å². The van der Waals surface area contributed by atoms with E-state index >= 15 is 0 Å². The van der Waals surface area contributed by atoms with Crippen LogP contribution in [0.5, 0.6) is 0 Å². The zero-order valence-electron chi connectivity index (χ0n) is 37.1. The molecule has 2 unspecified atom stereocenters. The molecular weight excluding hydrogens is 793 g/mol. The summed E-state index contributed by atoms with van der Waals surface area (Å²) >= 11 is 0. The molecule has 364 valence electrons. The fraction of sp³-hybridized carbons (Fsp3) is 0.394. The first-order valence-electron chi connectivity index (χ1n) is 21.9. The minimum Gasteiger partial charge on any atom is -0.0776 e. The monoisotopic (exact) mass is 893 g/mol. The van der Waals surface area contributed by atoms with Crippen LogP contribution in [0.1, 0.15) is 188 Å². The van der Waals surface area contributed by atoms with Gasteiger partial charge in [0, 0.05) is 0 Å². The van der Waals surface area contributed by atoms with Gasteiger partial charge in [-0.2, -0.15) is 0 Å². The molecule has 66 heavy (non-hydrogen) atoms. The van der Waals surface area contributed by atoms with Crippen LogP contribution >= 0.6 is 0 Å². The van der Waals surface area contributed by atoms with E-state index in [1.807, 2.05) is 0 Å². The van der Waals surface area contributed by atoms with E-state index in [0.29, 0.717) is 17.3 Å². The summed E-state index contributed by atoms with van der Waals surface area (Å²) in [4.78, 5) is 0. The molecule has 0 N–H and O–H groups in total. The highest BCUT2D eigenvalue weighted by atomic mass is 14.3. The molecule has 0 aliphatic heterocycles. The lowest BCUT2D eigenvalue weighted by molar-refractivity contribution is 0.506. The van der Waals surface area contributed by atoms with E-state index < -0.39 is 0 Å². The summed E-state index contributed by atoms with van der Waals surface area (Å²) < 4.78 is 0. The maximum atomic E-state index is 2.35. The topological polar surface area (TPSA) is 0 Å². The van der Waals surface area contributed by atoms with E-state index in [-0.39, 0.29) is 64.8 Å². The first kappa shape index (κ1) is 67.4. The first-order chi connectivity index (χ1) is 27.9. The second-order valence-electron chi connectivity index (χ2n) is 17.3. The largest absolute Gasteiger partial charge is 0.0776 e. The van der Waals surface area contributed by atoms with Crippen LogP contribution in [0.3, 0.4) is 0 Å². The average Bonchev–Trinajstić information content (AvgIpc) is 3.28. The summed E-state index contributed by atoms with van der Waals surface area (Å²) in [5.41, 5.74) is 6.41. The van der Waals surface area contributed by atoms with Crippen LogP contribution in [0.15, 0.2) is 170 Å². The summed E-state index contributed by atoms with van der Waals surface area (Å²) in [6.07, 6.45) is 4.74. The van der Waals surface area contributed by atoms with Crippen molar-refractivity contribution in [1.29, 1.82) is 0 Å². The molecule has 0 fully saturated rings. The third-order valence-electron chi connectivity index (χ3n) is 12.7. The lowest BCUT2D eigenvalue weighted by atomic mass is 9.77. The van der Waals surface area contributed by atoms with E-state index in [9.17, 15) is 0 Å². The maximum absolute atomic E-state index is 2.35. The molecular formula is C66H100. The molecule has 0 saturated heterocycles. The van der Waals surface area contributed by atoms with Gasteiger partial charge >= 0.3 is 0 Å². The van der Waals surface area contributed by atoms with Crippen molar-refractivity contribution in [3.8, 4) is 0 Å². The van der Waals surface area contributed by atoms with Crippen LogP contribution < -0.4 is 0 Å². The Hall–Kier alpha value is -5.20. The number of benzene rings is 8. The van der Waals surface area contributed by atoms with Gasteiger partial charge in [-0.1, -0.05) is 286 Å². The minimum atomic E-state index is 0. The van der Waals surface area contributed by atoms with Crippen molar-refractivity contribution in [2.45, 2.75) is 177 Å². The molecule has 8 aromatic rings. The van der Waals surface area contributed by atoms with Gasteiger partial charge in [0.25, 0.3) is 0 Å². The Bertz CT molecular complexity index is 2360. The summed E-state index contributed by atoms with van der Waals surface area (Å²) in [6, 6.07) is 60.9.